The highest BCUT2D eigenvalue weighted by Crippen LogP contribution is 2.27. The molecule has 0 aromatic heterocycles. The van der Waals surface area contributed by atoms with Gasteiger partial charge in [-0.1, -0.05) is 18.2 Å². The summed E-state index contributed by atoms with van der Waals surface area (Å²) in [4.78, 5) is 0. The van der Waals surface area contributed by atoms with Crippen LogP contribution in [0.4, 0.5) is 14.5 Å². The van der Waals surface area contributed by atoms with Crippen LogP contribution in [0.25, 0.3) is 0 Å². The predicted octanol–water partition coefficient (Wildman–Crippen LogP) is 2.63. The summed E-state index contributed by atoms with van der Waals surface area (Å²) in [5.74, 6) is -1.56. The zero-order valence-electron chi connectivity index (χ0n) is 8.90. The molecule has 0 saturated heterocycles. The summed E-state index contributed by atoms with van der Waals surface area (Å²) in [6.07, 6.45) is -1.36. The number of hydrogen-bond acceptors (Lipinski definition) is 2. The SMILES string of the molecule is Nc1cccc(C(O)c2c(F)cccc2F)c1. The van der Waals surface area contributed by atoms with Crippen molar-refractivity contribution in [2.45, 2.75) is 6.10 Å². The normalized spacial score (nSPS) is 12.4. The smallest absolute Gasteiger partial charge is 0.132 e. The fourth-order valence-corrected chi connectivity index (χ4v) is 1.67. The molecule has 4 heteroatoms. The first-order valence-electron chi connectivity index (χ1n) is 5.07. The molecule has 0 amide bonds. The summed E-state index contributed by atoms with van der Waals surface area (Å²) in [5, 5.41) is 9.94. The molecule has 0 spiro atoms. The third kappa shape index (κ3) is 2.26. The van der Waals surface area contributed by atoms with E-state index >= 15 is 0 Å². The van der Waals surface area contributed by atoms with E-state index in [9.17, 15) is 13.9 Å². The summed E-state index contributed by atoms with van der Waals surface area (Å²) in [7, 11) is 0. The minimum atomic E-state index is -1.36. The number of benzene rings is 2. The first kappa shape index (κ1) is 11.5. The Hall–Kier alpha value is -1.94. The van der Waals surface area contributed by atoms with Crippen molar-refractivity contribution in [3.05, 3.63) is 65.2 Å². The highest BCUT2D eigenvalue weighted by Gasteiger charge is 2.19. The van der Waals surface area contributed by atoms with Crippen molar-refractivity contribution in [2.24, 2.45) is 0 Å². The summed E-state index contributed by atoms with van der Waals surface area (Å²) in [5.41, 5.74) is 5.97. The van der Waals surface area contributed by atoms with Gasteiger partial charge in [-0.3, -0.25) is 0 Å². The topological polar surface area (TPSA) is 46.2 Å². The molecule has 2 rings (SSSR count). The van der Waals surface area contributed by atoms with Gasteiger partial charge >= 0.3 is 0 Å². The zero-order valence-corrected chi connectivity index (χ0v) is 8.90. The molecule has 2 aromatic rings. The molecule has 2 aromatic carbocycles. The lowest BCUT2D eigenvalue weighted by Crippen LogP contribution is -2.06. The maximum atomic E-state index is 13.5. The first-order chi connectivity index (χ1) is 8.09. The van der Waals surface area contributed by atoms with Crippen LogP contribution in [0.1, 0.15) is 17.2 Å². The van der Waals surface area contributed by atoms with Crippen molar-refractivity contribution in [3.63, 3.8) is 0 Å². The lowest BCUT2D eigenvalue weighted by atomic mass is 10.00. The Morgan fingerprint density at radius 1 is 1.00 bits per heavy atom. The molecule has 0 aliphatic rings. The maximum Gasteiger partial charge on any atom is 0.132 e. The first-order valence-corrected chi connectivity index (χ1v) is 5.07. The Kier molecular flexibility index (Phi) is 3.06. The van der Waals surface area contributed by atoms with Gasteiger partial charge in [0, 0.05) is 5.69 Å². The van der Waals surface area contributed by atoms with E-state index in [0.29, 0.717) is 11.3 Å². The van der Waals surface area contributed by atoms with Gasteiger partial charge in [-0.05, 0) is 29.8 Å². The van der Waals surface area contributed by atoms with Crippen LogP contribution in [0.2, 0.25) is 0 Å². The Morgan fingerprint density at radius 3 is 2.18 bits per heavy atom. The number of nitrogen functional groups attached to an aromatic ring is 1. The molecule has 0 heterocycles. The summed E-state index contributed by atoms with van der Waals surface area (Å²) < 4.78 is 26.9. The lowest BCUT2D eigenvalue weighted by Gasteiger charge is -2.13. The van der Waals surface area contributed by atoms with Gasteiger partial charge in [0.2, 0.25) is 0 Å². The van der Waals surface area contributed by atoms with Gasteiger partial charge in [0.25, 0.3) is 0 Å². The molecule has 1 atom stereocenters. The van der Waals surface area contributed by atoms with Gasteiger partial charge in [-0.15, -0.1) is 0 Å². The molecule has 0 aliphatic carbocycles. The molecule has 0 bridgehead atoms. The Bertz CT molecular complexity index is 522. The number of rotatable bonds is 2. The van der Waals surface area contributed by atoms with Crippen LogP contribution < -0.4 is 5.73 Å². The lowest BCUT2D eigenvalue weighted by molar-refractivity contribution is 0.209. The molecule has 0 radical (unpaired) electrons. The highest BCUT2D eigenvalue weighted by atomic mass is 19.1. The molecule has 0 saturated carbocycles. The number of halogens is 2. The second-order valence-electron chi connectivity index (χ2n) is 3.71. The minimum Gasteiger partial charge on any atom is -0.399 e. The molecule has 17 heavy (non-hydrogen) atoms. The monoisotopic (exact) mass is 235 g/mol. The number of hydrogen-bond donors (Lipinski definition) is 2. The van der Waals surface area contributed by atoms with E-state index in [4.69, 9.17) is 5.73 Å². The molecular formula is C13H11F2NO. The van der Waals surface area contributed by atoms with Gasteiger partial charge in [-0.2, -0.15) is 0 Å². The highest BCUT2D eigenvalue weighted by molar-refractivity contribution is 5.43. The van der Waals surface area contributed by atoms with Crippen LogP contribution in [0.5, 0.6) is 0 Å². The van der Waals surface area contributed by atoms with Crippen LogP contribution in [0.15, 0.2) is 42.5 Å². The fraction of sp³-hybridized carbons (Fsp3) is 0.0769. The number of nitrogens with two attached hydrogens (primary N) is 1. The van der Waals surface area contributed by atoms with E-state index < -0.39 is 17.7 Å². The summed E-state index contributed by atoms with van der Waals surface area (Å²) in [6, 6.07) is 9.76. The largest absolute Gasteiger partial charge is 0.399 e. The van der Waals surface area contributed by atoms with Gasteiger partial charge in [0.1, 0.15) is 17.7 Å². The van der Waals surface area contributed by atoms with Crippen LogP contribution in [-0.4, -0.2) is 5.11 Å². The molecule has 0 fully saturated rings. The van der Waals surface area contributed by atoms with Crippen molar-refractivity contribution < 1.29 is 13.9 Å². The quantitative estimate of drug-likeness (QED) is 0.786. The average molecular weight is 235 g/mol. The van der Waals surface area contributed by atoms with E-state index in [0.717, 1.165) is 12.1 Å². The van der Waals surface area contributed by atoms with E-state index in [1.54, 1.807) is 18.2 Å². The molecule has 2 nitrogen and oxygen atoms in total. The number of anilines is 1. The van der Waals surface area contributed by atoms with Gasteiger partial charge in [0.05, 0.1) is 5.56 Å². The number of aliphatic hydroxyl groups is 1. The third-order valence-electron chi connectivity index (χ3n) is 2.50. The van der Waals surface area contributed by atoms with E-state index in [1.807, 2.05) is 0 Å². The van der Waals surface area contributed by atoms with Gasteiger partial charge in [-0.25, -0.2) is 8.78 Å². The summed E-state index contributed by atoms with van der Waals surface area (Å²) in [6.45, 7) is 0. The van der Waals surface area contributed by atoms with Crippen LogP contribution in [0, 0.1) is 11.6 Å². The Balaban J connectivity index is 2.47. The van der Waals surface area contributed by atoms with Crippen molar-refractivity contribution in [3.8, 4) is 0 Å². The van der Waals surface area contributed by atoms with Crippen molar-refractivity contribution in [1.29, 1.82) is 0 Å². The van der Waals surface area contributed by atoms with E-state index in [-0.39, 0.29) is 5.56 Å². The van der Waals surface area contributed by atoms with E-state index in [1.165, 1.54) is 12.1 Å². The second kappa shape index (κ2) is 4.51. The van der Waals surface area contributed by atoms with E-state index in [2.05, 4.69) is 0 Å². The standard InChI is InChI=1S/C13H11F2NO/c14-10-5-2-6-11(15)12(10)13(17)8-3-1-4-9(16)7-8/h1-7,13,17H,16H2. The second-order valence-corrected chi connectivity index (χ2v) is 3.71. The molecular weight excluding hydrogens is 224 g/mol. The van der Waals surface area contributed by atoms with Gasteiger partial charge in [0.15, 0.2) is 0 Å². The third-order valence-corrected chi connectivity index (χ3v) is 2.50. The fourth-order valence-electron chi connectivity index (χ4n) is 1.67. The molecule has 0 aliphatic heterocycles. The van der Waals surface area contributed by atoms with Gasteiger partial charge < -0.3 is 10.8 Å². The zero-order chi connectivity index (χ0) is 12.4. The average Bonchev–Trinajstić information content (AvgIpc) is 2.28. The molecule has 3 N–H and O–H groups in total. The number of aliphatic hydroxyl groups excluding tert-OH is 1. The minimum absolute atomic E-state index is 0.356. The molecule has 1 unspecified atom stereocenters. The van der Waals surface area contributed by atoms with Crippen LogP contribution in [0.3, 0.4) is 0 Å². The van der Waals surface area contributed by atoms with Crippen molar-refractivity contribution in [2.75, 3.05) is 5.73 Å². The maximum absolute atomic E-state index is 13.5. The van der Waals surface area contributed by atoms with Crippen LogP contribution >= 0.6 is 0 Å². The Morgan fingerprint density at radius 2 is 1.59 bits per heavy atom. The Labute approximate surface area is 97.3 Å². The van der Waals surface area contributed by atoms with Crippen molar-refractivity contribution in [1.82, 2.24) is 0 Å². The predicted molar refractivity (Wildman–Crippen MR) is 61.3 cm³/mol. The van der Waals surface area contributed by atoms with Crippen LogP contribution in [-0.2, 0) is 0 Å². The van der Waals surface area contributed by atoms with Crippen molar-refractivity contribution >= 4 is 5.69 Å². The summed E-state index contributed by atoms with van der Waals surface area (Å²) >= 11 is 0. The molecule has 88 valence electrons.